The van der Waals surface area contributed by atoms with Gasteiger partial charge in [-0.1, -0.05) is 44.2 Å². The molecule has 0 aromatic heterocycles. The zero-order valence-corrected chi connectivity index (χ0v) is 13.0. The quantitative estimate of drug-likeness (QED) is 0.812. The lowest BCUT2D eigenvalue weighted by Gasteiger charge is -2.43. The fourth-order valence-electron chi connectivity index (χ4n) is 3.39. The molecule has 0 N–H and O–H groups in total. The molecule has 0 amide bonds. The van der Waals surface area contributed by atoms with Crippen molar-refractivity contribution >= 4 is 0 Å². The van der Waals surface area contributed by atoms with E-state index in [9.17, 15) is 0 Å². The standard InChI is InChI=1S/C18H28N2/c1-15(2)18-14-19(12-17-8-9-17)10-11-20(18)13-16-6-4-3-5-7-16/h3-7,15,17-18H,8-14H2,1-2H3. The summed E-state index contributed by atoms with van der Waals surface area (Å²) in [6.45, 7) is 11.0. The minimum absolute atomic E-state index is 0.711. The Morgan fingerprint density at radius 1 is 1.10 bits per heavy atom. The Hall–Kier alpha value is -0.860. The largest absolute Gasteiger partial charge is 0.300 e. The van der Waals surface area contributed by atoms with Crippen LogP contribution in [0.2, 0.25) is 0 Å². The summed E-state index contributed by atoms with van der Waals surface area (Å²) in [4.78, 5) is 5.41. The number of rotatable bonds is 5. The first-order valence-electron chi connectivity index (χ1n) is 8.22. The van der Waals surface area contributed by atoms with E-state index in [2.05, 4.69) is 54.0 Å². The van der Waals surface area contributed by atoms with Gasteiger partial charge in [0, 0.05) is 38.8 Å². The van der Waals surface area contributed by atoms with Gasteiger partial charge in [-0.25, -0.2) is 0 Å². The molecule has 1 unspecified atom stereocenters. The number of benzene rings is 1. The van der Waals surface area contributed by atoms with Gasteiger partial charge in [0.2, 0.25) is 0 Å². The van der Waals surface area contributed by atoms with E-state index in [-0.39, 0.29) is 0 Å². The lowest BCUT2D eigenvalue weighted by Crippen LogP contribution is -2.55. The highest BCUT2D eigenvalue weighted by molar-refractivity contribution is 5.14. The van der Waals surface area contributed by atoms with Crippen molar-refractivity contribution in [3.63, 3.8) is 0 Å². The van der Waals surface area contributed by atoms with Gasteiger partial charge in [-0.3, -0.25) is 4.90 Å². The fraction of sp³-hybridized carbons (Fsp3) is 0.667. The maximum atomic E-state index is 2.71. The highest BCUT2D eigenvalue weighted by Gasteiger charge is 2.32. The minimum atomic E-state index is 0.711. The highest BCUT2D eigenvalue weighted by atomic mass is 15.3. The maximum absolute atomic E-state index is 2.71. The molecule has 1 aromatic carbocycles. The number of hydrogen-bond donors (Lipinski definition) is 0. The molecule has 1 aliphatic carbocycles. The molecule has 1 aromatic rings. The van der Waals surface area contributed by atoms with Crippen LogP contribution in [0.5, 0.6) is 0 Å². The van der Waals surface area contributed by atoms with Gasteiger partial charge in [-0.05, 0) is 30.2 Å². The van der Waals surface area contributed by atoms with Crippen LogP contribution >= 0.6 is 0 Å². The van der Waals surface area contributed by atoms with Gasteiger partial charge < -0.3 is 4.90 Å². The highest BCUT2D eigenvalue weighted by Crippen LogP contribution is 2.31. The van der Waals surface area contributed by atoms with Crippen LogP contribution in [-0.4, -0.2) is 42.0 Å². The summed E-state index contributed by atoms with van der Waals surface area (Å²) in [6.07, 6.45) is 2.94. The molecule has 2 fully saturated rings. The van der Waals surface area contributed by atoms with Crippen molar-refractivity contribution in [1.82, 2.24) is 9.80 Å². The van der Waals surface area contributed by atoms with E-state index in [4.69, 9.17) is 0 Å². The molecular formula is C18H28N2. The molecule has 3 rings (SSSR count). The molecular weight excluding hydrogens is 244 g/mol. The van der Waals surface area contributed by atoms with E-state index in [0.717, 1.165) is 18.4 Å². The SMILES string of the molecule is CC(C)C1CN(CC2CC2)CCN1Cc1ccccc1. The summed E-state index contributed by atoms with van der Waals surface area (Å²) in [5.74, 6) is 1.75. The first kappa shape index (κ1) is 14.1. The molecule has 20 heavy (non-hydrogen) atoms. The van der Waals surface area contributed by atoms with Crippen LogP contribution in [0.4, 0.5) is 0 Å². The Labute approximate surface area is 123 Å². The predicted molar refractivity (Wildman–Crippen MR) is 84.6 cm³/mol. The van der Waals surface area contributed by atoms with E-state index in [1.165, 1.54) is 44.6 Å². The molecule has 1 saturated heterocycles. The number of hydrogen-bond acceptors (Lipinski definition) is 2. The van der Waals surface area contributed by atoms with Crippen LogP contribution in [0, 0.1) is 11.8 Å². The topological polar surface area (TPSA) is 6.48 Å². The maximum Gasteiger partial charge on any atom is 0.0250 e. The number of nitrogens with zero attached hydrogens (tertiary/aromatic N) is 2. The fourth-order valence-corrected chi connectivity index (χ4v) is 3.39. The normalized spacial score (nSPS) is 25.2. The van der Waals surface area contributed by atoms with Gasteiger partial charge in [0.25, 0.3) is 0 Å². The number of piperazine rings is 1. The molecule has 2 nitrogen and oxygen atoms in total. The van der Waals surface area contributed by atoms with Crippen molar-refractivity contribution in [3.05, 3.63) is 35.9 Å². The molecule has 0 spiro atoms. The third-order valence-corrected chi connectivity index (χ3v) is 4.83. The predicted octanol–water partition coefficient (Wildman–Crippen LogP) is 3.24. The second kappa shape index (κ2) is 6.28. The van der Waals surface area contributed by atoms with E-state index < -0.39 is 0 Å². The van der Waals surface area contributed by atoms with E-state index in [1.54, 1.807) is 0 Å². The van der Waals surface area contributed by atoms with Gasteiger partial charge in [0.05, 0.1) is 0 Å². The van der Waals surface area contributed by atoms with Gasteiger partial charge in [0.1, 0.15) is 0 Å². The average molecular weight is 272 g/mol. The van der Waals surface area contributed by atoms with Crippen LogP contribution in [-0.2, 0) is 6.54 Å². The van der Waals surface area contributed by atoms with Gasteiger partial charge in [-0.2, -0.15) is 0 Å². The molecule has 1 atom stereocenters. The lowest BCUT2D eigenvalue weighted by atomic mass is 9.98. The van der Waals surface area contributed by atoms with Gasteiger partial charge in [0.15, 0.2) is 0 Å². The zero-order chi connectivity index (χ0) is 13.9. The minimum Gasteiger partial charge on any atom is -0.300 e. The summed E-state index contributed by atoms with van der Waals surface area (Å²) in [7, 11) is 0. The molecule has 1 heterocycles. The Morgan fingerprint density at radius 3 is 2.50 bits per heavy atom. The van der Waals surface area contributed by atoms with Crippen LogP contribution in [0.3, 0.4) is 0 Å². The van der Waals surface area contributed by atoms with E-state index in [0.29, 0.717) is 6.04 Å². The molecule has 2 heteroatoms. The molecule has 1 saturated carbocycles. The van der Waals surface area contributed by atoms with Crippen molar-refractivity contribution in [3.8, 4) is 0 Å². The van der Waals surface area contributed by atoms with Crippen LogP contribution in [0.25, 0.3) is 0 Å². The molecule has 0 bridgehead atoms. The third-order valence-electron chi connectivity index (χ3n) is 4.83. The van der Waals surface area contributed by atoms with Crippen molar-refractivity contribution < 1.29 is 0 Å². The Kier molecular flexibility index (Phi) is 4.42. The summed E-state index contributed by atoms with van der Waals surface area (Å²) >= 11 is 0. The third kappa shape index (κ3) is 3.62. The van der Waals surface area contributed by atoms with Gasteiger partial charge >= 0.3 is 0 Å². The first-order chi connectivity index (χ1) is 9.72. The second-order valence-corrected chi connectivity index (χ2v) is 6.97. The molecule has 1 aliphatic heterocycles. The van der Waals surface area contributed by atoms with Gasteiger partial charge in [-0.15, -0.1) is 0 Å². The van der Waals surface area contributed by atoms with Crippen LogP contribution < -0.4 is 0 Å². The smallest absolute Gasteiger partial charge is 0.0250 e. The molecule has 110 valence electrons. The monoisotopic (exact) mass is 272 g/mol. The lowest BCUT2D eigenvalue weighted by molar-refractivity contribution is 0.0421. The summed E-state index contributed by atoms with van der Waals surface area (Å²) < 4.78 is 0. The Morgan fingerprint density at radius 2 is 1.85 bits per heavy atom. The molecule has 2 aliphatic rings. The second-order valence-electron chi connectivity index (χ2n) is 6.97. The zero-order valence-electron chi connectivity index (χ0n) is 13.0. The molecule has 0 radical (unpaired) electrons. The average Bonchev–Trinajstić information content (AvgIpc) is 3.25. The van der Waals surface area contributed by atoms with Crippen LogP contribution in [0.1, 0.15) is 32.3 Å². The van der Waals surface area contributed by atoms with E-state index >= 15 is 0 Å². The first-order valence-corrected chi connectivity index (χ1v) is 8.22. The van der Waals surface area contributed by atoms with Crippen LogP contribution in [0.15, 0.2) is 30.3 Å². The summed E-state index contributed by atoms with van der Waals surface area (Å²) in [5, 5.41) is 0. The summed E-state index contributed by atoms with van der Waals surface area (Å²) in [5.41, 5.74) is 1.45. The van der Waals surface area contributed by atoms with Crippen molar-refractivity contribution in [2.75, 3.05) is 26.2 Å². The summed E-state index contributed by atoms with van der Waals surface area (Å²) in [6, 6.07) is 11.6. The van der Waals surface area contributed by atoms with Crippen molar-refractivity contribution in [2.45, 2.75) is 39.3 Å². The van der Waals surface area contributed by atoms with E-state index in [1.807, 2.05) is 0 Å². The van der Waals surface area contributed by atoms with Crippen molar-refractivity contribution in [1.29, 1.82) is 0 Å². The van der Waals surface area contributed by atoms with Crippen molar-refractivity contribution in [2.24, 2.45) is 11.8 Å². The Bertz CT molecular complexity index is 411. The Balaban J connectivity index is 1.61.